The van der Waals surface area contributed by atoms with Crippen molar-refractivity contribution in [2.45, 2.75) is 39.3 Å². The van der Waals surface area contributed by atoms with Crippen LogP contribution in [0.4, 0.5) is 0 Å². The normalized spacial score (nSPS) is 11.9. The first-order chi connectivity index (χ1) is 13.8. The van der Waals surface area contributed by atoms with Crippen LogP contribution in [-0.2, 0) is 15.8 Å². The molecule has 0 aliphatic rings. The van der Waals surface area contributed by atoms with Gasteiger partial charge in [-0.05, 0) is 27.5 Å². The molecule has 0 N–H and O–H groups in total. The summed E-state index contributed by atoms with van der Waals surface area (Å²) in [5, 5.41) is 2.26. The van der Waals surface area contributed by atoms with Gasteiger partial charge in [0.2, 0.25) is 0 Å². The highest BCUT2D eigenvalue weighted by molar-refractivity contribution is 6.99. The van der Waals surface area contributed by atoms with Crippen molar-refractivity contribution in [2.24, 2.45) is 0 Å². The summed E-state index contributed by atoms with van der Waals surface area (Å²) in [5.41, 5.74) is 0.621. The predicted octanol–water partition coefficient (Wildman–Crippen LogP) is 4.08. The topological polar surface area (TPSA) is 48.4 Å². The van der Waals surface area contributed by atoms with E-state index in [0.29, 0.717) is 11.4 Å². The third kappa shape index (κ3) is 4.47. The van der Waals surface area contributed by atoms with Gasteiger partial charge in [-0.2, -0.15) is 0 Å². The zero-order chi connectivity index (χ0) is 20.9. The van der Waals surface area contributed by atoms with Gasteiger partial charge in [0.1, 0.15) is 5.69 Å². The monoisotopic (exact) mass is 405 g/mol. The Kier molecular flexibility index (Phi) is 6.30. The van der Waals surface area contributed by atoms with Crippen LogP contribution in [0.2, 0.25) is 5.04 Å². The molecule has 0 spiro atoms. The molecular weight excluding hydrogens is 378 g/mol. The second kappa shape index (κ2) is 8.72. The van der Waals surface area contributed by atoms with Crippen LogP contribution in [0.5, 0.6) is 5.75 Å². The Hall–Kier alpha value is -2.76. The van der Waals surface area contributed by atoms with E-state index in [0.717, 1.165) is 0 Å². The molecule has 0 atom stereocenters. The summed E-state index contributed by atoms with van der Waals surface area (Å²) in [6.07, 6.45) is 1.69. The predicted molar refractivity (Wildman–Crippen MR) is 118 cm³/mol. The Morgan fingerprint density at radius 2 is 1.45 bits per heavy atom. The van der Waals surface area contributed by atoms with E-state index < -0.39 is 8.32 Å². The Morgan fingerprint density at radius 1 is 0.897 bits per heavy atom. The minimum absolute atomic E-state index is 0.133. The number of benzene rings is 2. The van der Waals surface area contributed by atoms with E-state index in [4.69, 9.17) is 9.16 Å². The van der Waals surface area contributed by atoms with Crippen molar-refractivity contribution < 1.29 is 14.0 Å². The zero-order valence-corrected chi connectivity index (χ0v) is 18.4. The lowest BCUT2D eigenvalue weighted by Gasteiger charge is -2.43. The van der Waals surface area contributed by atoms with E-state index in [-0.39, 0.29) is 17.6 Å². The second-order valence-electron chi connectivity index (χ2n) is 7.99. The Morgan fingerprint density at radius 3 is 1.93 bits per heavy atom. The van der Waals surface area contributed by atoms with Crippen LogP contribution in [0.15, 0.2) is 79.0 Å². The van der Waals surface area contributed by atoms with Gasteiger partial charge in [-0.15, -0.1) is 0 Å². The van der Waals surface area contributed by atoms with Crippen molar-refractivity contribution in [2.75, 3.05) is 0 Å². The minimum Gasteiger partial charge on any atom is -0.425 e. The number of aromatic nitrogens is 1. The third-order valence-electron chi connectivity index (χ3n) is 4.94. The fraction of sp³-hybridized carbons (Fsp3) is 0.250. The van der Waals surface area contributed by atoms with Crippen molar-refractivity contribution in [1.82, 2.24) is 4.98 Å². The summed E-state index contributed by atoms with van der Waals surface area (Å²) in [6.45, 7) is 8.33. The van der Waals surface area contributed by atoms with Gasteiger partial charge in [-0.25, -0.2) is 0 Å². The van der Waals surface area contributed by atoms with Crippen LogP contribution < -0.4 is 15.1 Å². The summed E-state index contributed by atoms with van der Waals surface area (Å²) >= 11 is 0. The number of nitrogens with zero attached hydrogens (tertiary/aromatic N) is 1. The van der Waals surface area contributed by atoms with Crippen LogP contribution >= 0.6 is 0 Å². The maximum absolute atomic E-state index is 11.5. The van der Waals surface area contributed by atoms with Gasteiger partial charge in [0, 0.05) is 13.1 Å². The fourth-order valence-corrected chi connectivity index (χ4v) is 8.23. The van der Waals surface area contributed by atoms with Crippen LogP contribution in [0, 0.1) is 0 Å². The van der Waals surface area contributed by atoms with E-state index in [2.05, 4.69) is 74.3 Å². The van der Waals surface area contributed by atoms with Crippen LogP contribution in [-0.4, -0.2) is 19.3 Å². The highest BCUT2D eigenvalue weighted by Crippen LogP contribution is 2.37. The molecule has 5 heteroatoms. The van der Waals surface area contributed by atoms with Gasteiger partial charge in [0.05, 0.1) is 6.61 Å². The molecule has 0 bridgehead atoms. The molecule has 0 radical (unpaired) electrons. The first kappa shape index (κ1) is 21.0. The van der Waals surface area contributed by atoms with E-state index >= 15 is 0 Å². The Bertz CT molecular complexity index is 913. The number of hydrogen-bond acceptors (Lipinski definition) is 4. The zero-order valence-electron chi connectivity index (χ0n) is 17.4. The number of pyridine rings is 1. The van der Waals surface area contributed by atoms with Crippen molar-refractivity contribution >= 4 is 24.7 Å². The van der Waals surface area contributed by atoms with Crippen LogP contribution in [0.1, 0.15) is 33.4 Å². The molecule has 0 saturated carbocycles. The highest BCUT2D eigenvalue weighted by atomic mass is 28.4. The van der Waals surface area contributed by atoms with Crippen molar-refractivity contribution in [3.05, 3.63) is 84.7 Å². The third-order valence-corrected chi connectivity index (χ3v) is 9.93. The lowest BCUT2D eigenvalue weighted by Crippen LogP contribution is -2.66. The lowest BCUT2D eigenvalue weighted by atomic mass is 10.2. The number of carbonyl (C=O) groups is 1. The van der Waals surface area contributed by atoms with Gasteiger partial charge < -0.3 is 9.16 Å². The molecule has 3 rings (SSSR count). The van der Waals surface area contributed by atoms with Crippen LogP contribution in [0.3, 0.4) is 0 Å². The first-order valence-electron chi connectivity index (χ1n) is 9.72. The van der Waals surface area contributed by atoms with E-state index in [1.807, 2.05) is 12.1 Å². The summed E-state index contributed by atoms with van der Waals surface area (Å²) < 4.78 is 12.2. The van der Waals surface area contributed by atoms with Gasteiger partial charge in [-0.3, -0.25) is 9.78 Å². The highest BCUT2D eigenvalue weighted by Gasteiger charge is 2.50. The molecule has 29 heavy (non-hydrogen) atoms. The Balaban J connectivity index is 2.09. The smallest absolute Gasteiger partial charge is 0.308 e. The maximum atomic E-state index is 11.5. The molecular formula is C24H27NO3Si. The van der Waals surface area contributed by atoms with Crippen molar-refractivity contribution in [1.29, 1.82) is 0 Å². The van der Waals surface area contributed by atoms with E-state index in [1.165, 1.54) is 17.3 Å². The van der Waals surface area contributed by atoms with E-state index in [9.17, 15) is 4.79 Å². The number of carbonyl (C=O) groups excluding carboxylic acids is 1. The van der Waals surface area contributed by atoms with Gasteiger partial charge in [0.25, 0.3) is 8.32 Å². The summed E-state index contributed by atoms with van der Waals surface area (Å²) in [5.74, 6) is 0.0719. The van der Waals surface area contributed by atoms with Gasteiger partial charge >= 0.3 is 5.97 Å². The number of ether oxygens (including phenoxy) is 1. The molecule has 0 saturated heterocycles. The van der Waals surface area contributed by atoms with Crippen molar-refractivity contribution in [3.63, 3.8) is 0 Å². The molecule has 3 aromatic rings. The standard InChI is InChI=1S/C24H27NO3Si/c1-19(26)28-23-16-11-17-25-22(23)18-27-29(24(2,3)4,20-12-7-5-8-13-20)21-14-9-6-10-15-21/h5-17H,18H2,1-4H3. The molecule has 150 valence electrons. The average Bonchev–Trinajstić information content (AvgIpc) is 2.70. The molecule has 1 heterocycles. The summed E-state index contributed by atoms with van der Waals surface area (Å²) in [6, 6.07) is 24.4. The Labute approximate surface area is 173 Å². The SMILES string of the molecule is CC(=O)Oc1cccnc1CO[Si](c1ccccc1)(c1ccccc1)C(C)(C)C. The molecule has 0 unspecified atom stereocenters. The van der Waals surface area contributed by atoms with Gasteiger partial charge in [0.15, 0.2) is 5.75 Å². The van der Waals surface area contributed by atoms with Gasteiger partial charge in [-0.1, -0.05) is 81.4 Å². The molecule has 0 aliphatic carbocycles. The number of hydrogen-bond donors (Lipinski definition) is 0. The molecule has 0 aliphatic heterocycles. The maximum Gasteiger partial charge on any atom is 0.308 e. The largest absolute Gasteiger partial charge is 0.425 e. The lowest BCUT2D eigenvalue weighted by molar-refractivity contribution is -0.132. The second-order valence-corrected chi connectivity index (χ2v) is 12.3. The number of esters is 1. The molecule has 4 nitrogen and oxygen atoms in total. The number of rotatable bonds is 6. The summed E-state index contributed by atoms with van der Waals surface area (Å²) in [4.78, 5) is 15.9. The fourth-order valence-electron chi connectivity index (χ4n) is 3.72. The first-order valence-corrected chi connectivity index (χ1v) is 11.6. The molecule has 0 fully saturated rings. The quantitative estimate of drug-likeness (QED) is 0.458. The average molecular weight is 406 g/mol. The van der Waals surface area contributed by atoms with E-state index in [1.54, 1.807) is 18.3 Å². The van der Waals surface area contributed by atoms with Crippen LogP contribution in [0.25, 0.3) is 0 Å². The summed E-state index contributed by atoms with van der Waals surface area (Å²) in [7, 11) is -2.68. The minimum atomic E-state index is -2.68. The van der Waals surface area contributed by atoms with Crippen molar-refractivity contribution in [3.8, 4) is 5.75 Å². The molecule has 0 amide bonds. The molecule has 1 aromatic heterocycles. The molecule has 2 aromatic carbocycles.